The van der Waals surface area contributed by atoms with Crippen LogP contribution in [0.25, 0.3) is 0 Å². The number of ether oxygens (including phenoxy) is 2. The summed E-state index contributed by atoms with van der Waals surface area (Å²) in [6.07, 6.45) is 12.1. The fourth-order valence-electron chi connectivity index (χ4n) is 3.01. The second-order valence-electron chi connectivity index (χ2n) is 6.21. The largest absolute Gasteiger partial charge is 0.466 e. The first kappa shape index (κ1) is 19.0. The first-order chi connectivity index (χ1) is 10.7. The van der Waals surface area contributed by atoms with Gasteiger partial charge in [-0.15, -0.1) is 0 Å². The molecule has 0 amide bonds. The van der Waals surface area contributed by atoms with Gasteiger partial charge in [0.25, 0.3) is 0 Å². The summed E-state index contributed by atoms with van der Waals surface area (Å²) in [5.74, 6) is -0.935. The van der Waals surface area contributed by atoms with Crippen molar-refractivity contribution in [1.29, 1.82) is 0 Å². The zero-order valence-electron chi connectivity index (χ0n) is 14.3. The Balaban J connectivity index is 2.10. The molecule has 1 fully saturated rings. The van der Waals surface area contributed by atoms with Crippen LogP contribution in [0.2, 0.25) is 0 Å². The third kappa shape index (κ3) is 7.28. The summed E-state index contributed by atoms with van der Waals surface area (Å²) in [6, 6.07) is 0. The van der Waals surface area contributed by atoms with Crippen molar-refractivity contribution in [3.63, 3.8) is 0 Å². The monoisotopic (exact) mass is 312 g/mol. The highest BCUT2D eigenvalue weighted by Gasteiger charge is 2.40. The Morgan fingerprint density at radius 1 is 1.05 bits per heavy atom. The third-order valence-corrected chi connectivity index (χ3v) is 4.30. The van der Waals surface area contributed by atoms with E-state index in [0.29, 0.717) is 6.61 Å². The summed E-state index contributed by atoms with van der Waals surface area (Å²) in [6.45, 7) is 4.37. The van der Waals surface area contributed by atoms with Crippen LogP contribution in [0.1, 0.15) is 84.5 Å². The molecule has 0 aliphatic carbocycles. The lowest BCUT2D eigenvalue weighted by molar-refractivity contribution is -0.150. The van der Waals surface area contributed by atoms with Crippen molar-refractivity contribution in [2.24, 2.45) is 5.92 Å². The van der Waals surface area contributed by atoms with Gasteiger partial charge >= 0.3 is 11.9 Å². The van der Waals surface area contributed by atoms with Crippen LogP contribution >= 0.6 is 0 Å². The molecule has 0 saturated carbocycles. The Kier molecular flexibility index (Phi) is 9.93. The average molecular weight is 312 g/mol. The molecule has 128 valence electrons. The molecule has 1 saturated heterocycles. The van der Waals surface area contributed by atoms with Crippen molar-refractivity contribution in [3.05, 3.63) is 0 Å². The lowest BCUT2D eigenvalue weighted by atomic mass is 9.96. The molecule has 1 heterocycles. The van der Waals surface area contributed by atoms with Gasteiger partial charge in [0.2, 0.25) is 0 Å². The molecule has 22 heavy (non-hydrogen) atoms. The van der Waals surface area contributed by atoms with Crippen LogP contribution in [-0.2, 0) is 19.1 Å². The Labute approximate surface area is 134 Å². The van der Waals surface area contributed by atoms with Gasteiger partial charge in [0.05, 0.1) is 13.0 Å². The van der Waals surface area contributed by atoms with E-state index in [2.05, 4.69) is 6.92 Å². The lowest BCUT2D eigenvalue weighted by Gasteiger charge is -2.16. The number of unbranched alkanes of at least 4 members (excludes halogenated alkanes) is 8. The highest BCUT2D eigenvalue weighted by Crippen LogP contribution is 2.27. The molecule has 0 spiro atoms. The molecule has 0 N–H and O–H groups in total. The molecular formula is C18H32O4. The predicted molar refractivity (Wildman–Crippen MR) is 86.5 cm³/mol. The van der Waals surface area contributed by atoms with E-state index in [1.54, 1.807) is 6.92 Å². The topological polar surface area (TPSA) is 52.6 Å². The lowest BCUT2D eigenvalue weighted by Crippen LogP contribution is -2.26. The molecule has 1 rings (SSSR count). The number of hydrogen-bond acceptors (Lipinski definition) is 4. The van der Waals surface area contributed by atoms with Crippen LogP contribution in [0.4, 0.5) is 0 Å². The SMILES string of the molecule is CCCCCCCCCCC[C@H]1OC(=O)C[C@@H]1C(=O)OCC. The number of esters is 2. The van der Waals surface area contributed by atoms with Gasteiger partial charge in [-0.05, 0) is 19.8 Å². The van der Waals surface area contributed by atoms with E-state index in [0.717, 1.165) is 19.3 Å². The summed E-state index contributed by atoms with van der Waals surface area (Å²) in [4.78, 5) is 23.2. The van der Waals surface area contributed by atoms with E-state index in [4.69, 9.17) is 9.47 Å². The minimum atomic E-state index is -0.388. The average Bonchev–Trinajstić information content (AvgIpc) is 2.87. The van der Waals surface area contributed by atoms with Crippen molar-refractivity contribution in [3.8, 4) is 0 Å². The van der Waals surface area contributed by atoms with Crippen molar-refractivity contribution in [2.45, 2.75) is 90.6 Å². The summed E-state index contributed by atoms with van der Waals surface area (Å²) in [5.41, 5.74) is 0. The van der Waals surface area contributed by atoms with Crippen LogP contribution in [0.15, 0.2) is 0 Å². The fourth-order valence-corrected chi connectivity index (χ4v) is 3.01. The summed E-state index contributed by atoms with van der Waals surface area (Å²) in [5, 5.41) is 0. The van der Waals surface area contributed by atoms with E-state index >= 15 is 0 Å². The number of cyclic esters (lactones) is 1. The van der Waals surface area contributed by atoms with E-state index in [-0.39, 0.29) is 30.4 Å². The van der Waals surface area contributed by atoms with Crippen molar-refractivity contribution < 1.29 is 19.1 Å². The van der Waals surface area contributed by atoms with Gasteiger partial charge in [-0.2, -0.15) is 0 Å². The van der Waals surface area contributed by atoms with Crippen molar-refractivity contribution in [2.75, 3.05) is 6.61 Å². The Bertz CT molecular complexity index is 327. The van der Waals surface area contributed by atoms with Crippen molar-refractivity contribution >= 4 is 11.9 Å². The zero-order chi connectivity index (χ0) is 16.2. The molecule has 4 heteroatoms. The van der Waals surface area contributed by atoms with E-state index in [1.807, 2.05) is 0 Å². The molecule has 0 aromatic carbocycles. The van der Waals surface area contributed by atoms with Crippen LogP contribution in [0.5, 0.6) is 0 Å². The molecule has 0 unspecified atom stereocenters. The van der Waals surface area contributed by atoms with Gasteiger partial charge in [-0.1, -0.05) is 58.3 Å². The second kappa shape index (κ2) is 11.5. The smallest absolute Gasteiger partial charge is 0.313 e. The minimum Gasteiger partial charge on any atom is -0.466 e. The van der Waals surface area contributed by atoms with Gasteiger partial charge < -0.3 is 9.47 Å². The van der Waals surface area contributed by atoms with Gasteiger partial charge in [-0.3, -0.25) is 9.59 Å². The fraction of sp³-hybridized carbons (Fsp3) is 0.889. The first-order valence-electron chi connectivity index (χ1n) is 9.05. The van der Waals surface area contributed by atoms with E-state index in [9.17, 15) is 9.59 Å². The number of hydrogen-bond donors (Lipinski definition) is 0. The van der Waals surface area contributed by atoms with Gasteiger partial charge in [0.15, 0.2) is 0 Å². The molecule has 2 atom stereocenters. The zero-order valence-corrected chi connectivity index (χ0v) is 14.3. The molecule has 0 aromatic rings. The standard InChI is InChI=1S/C18H32O4/c1-3-5-6-7-8-9-10-11-12-13-16-15(14-17(19)22-16)18(20)21-4-2/h15-16H,3-14H2,1-2H3/t15-,16+/m0/s1. The highest BCUT2D eigenvalue weighted by atomic mass is 16.6. The molecule has 0 bridgehead atoms. The van der Waals surface area contributed by atoms with Crippen LogP contribution in [-0.4, -0.2) is 24.6 Å². The Hall–Kier alpha value is -1.06. The first-order valence-corrected chi connectivity index (χ1v) is 9.05. The van der Waals surface area contributed by atoms with Gasteiger partial charge in [0, 0.05) is 0 Å². The maximum absolute atomic E-state index is 11.8. The maximum Gasteiger partial charge on any atom is 0.313 e. The van der Waals surface area contributed by atoms with Crippen molar-refractivity contribution in [1.82, 2.24) is 0 Å². The number of carbonyl (C=O) groups excluding carboxylic acids is 2. The Morgan fingerprint density at radius 3 is 2.23 bits per heavy atom. The molecule has 1 aliphatic heterocycles. The number of carbonyl (C=O) groups is 2. The highest BCUT2D eigenvalue weighted by molar-refractivity contribution is 5.83. The summed E-state index contributed by atoms with van der Waals surface area (Å²) in [7, 11) is 0. The molecular weight excluding hydrogens is 280 g/mol. The maximum atomic E-state index is 11.8. The summed E-state index contributed by atoms with van der Waals surface area (Å²) < 4.78 is 10.3. The quantitative estimate of drug-likeness (QED) is 0.396. The number of rotatable bonds is 12. The van der Waals surface area contributed by atoms with E-state index in [1.165, 1.54) is 44.9 Å². The molecule has 0 radical (unpaired) electrons. The molecule has 4 nitrogen and oxygen atoms in total. The molecule has 0 aromatic heterocycles. The summed E-state index contributed by atoms with van der Waals surface area (Å²) >= 11 is 0. The minimum absolute atomic E-state index is 0.181. The second-order valence-corrected chi connectivity index (χ2v) is 6.21. The normalized spacial score (nSPS) is 20.9. The van der Waals surface area contributed by atoms with E-state index < -0.39 is 0 Å². The van der Waals surface area contributed by atoms with Crippen LogP contribution in [0, 0.1) is 5.92 Å². The predicted octanol–water partition coefficient (Wildman–Crippen LogP) is 4.40. The van der Waals surface area contributed by atoms with Gasteiger partial charge in [0.1, 0.15) is 12.0 Å². The van der Waals surface area contributed by atoms with Crippen LogP contribution in [0.3, 0.4) is 0 Å². The molecule has 1 aliphatic rings. The Morgan fingerprint density at radius 2 is 1.64 bits per heavy atom. The van der Waals surface area contributed by atoms with Crippen LogP contribution < -0.4 is 0 Å². The van der Waals surface area contributed by atoms with Gasteiger partial charge in [-0.25, -0.2) is 0 Å². The third-order valence-electron chi connectivity index (χ3n) is 4.30.